The third-order valence-electron chi connectivity index (χ3n) is 2.48. The fourth-order valence-electron chi connectivity index (χ4n) is 1.67. The second-order valence-electron chi connectivity index (χ2n) is 4.09. The van der Waals surface area contributed by atoms with E-state index in [4.69, 9.17) is 0 Å². The molecule has 0 aliphatic carbocycles. The lowest BCUT2D eigenvalue weighted by Gasteiger charge is -2.10. The predicted molar refractivity (Wildman–Crippen MR) is 68.2 cm³/mol. The van der Waals surface area contributed by atoms with Gasteiger partial charge in [-0.1, -0.05) is 6.07 Å². The molecule has 7 heteroatoms. The Hall–Kier alpha value is -2.18. The van der Waals surface area contributed by atoms with Crippen molar-refractivity contribution in [1.29, 1.82) is 0 Å². The highest BCUT2D eigenvalue weighted by Gasteiger charge is 2.35. The van der Waals surface area contributed by atoms with E-state index in [2.05, 4.69) is 20.3 Å². The van der Waals surface area contributed by atoms with E-state index < -0.39 is 12.0 Å². The smallest absolute Gasteiger partial charge is 0.370 e. The fourth-order valence-corrected chi connectivity index (χ4v) is 1.67. The molecule has 0 spiro atoms. The Morgan fingerprint density at radius 2 is 1.95 bits per heavy atom. The topological polar surface area (TPSA) is 50.7 Å². The van der Waals surface area contributed by atoms with Crippen LogP contribution in [0, 0.1) is 0 Å². The lowest BCUT2D eigenvalue weighted by molar-refractivity contribution is -0.145. The van der Waals surface area contributed by atoms with Gasteiger partial charge in [0, 0.05) is 30.9 Å². The van der Waals surface area contributed by atoms with Crippen molar-refractivity contribution in [3.05, 3.63) is 47.7 Å². The van der Waals surface area contributed by atoms with Gasteiger partial charge in [0.15, 0.2) is 0 Å². The van der Waals surface area contributed by atoms with Gasteiger partial charge in [-0.15, -0.1) is 0 Å². The molecule has 0 amide bonds. The van der Waals surface area contributed by atoms with Crippen LogP contribution in [0.4, 0.5) is 19.0 Å². The maximum atomic E-state index is 12.8. The monoisotopic (exact) mass is 282 g/mol. The summed E-state index contributed by atoms with van der Waals surface area (Å²) in [6.07, 6.45) is -2.75. The average Bonchev–Trinajstić information content (AvgIpc) is 2.39. The molecule has 2 rings (SSSR count). The quantitative estimate of drug-likeness (QED) is 0.936. The summed E-state index contributed by atoms with van der Waals surface area (Å²) >= 11 is 0. The second kappa shape index (κ2) is 5.85. The molecule has 0 saturated heterocycles. The lowest BCUT2D eigenvalue weighted by atomic mass is 10.2. The standard InChI is InChI=1S/C13H13F3N4/c1-2-17-11-8-10(7-9-5-3-4-6-18-9)19-12(20-11)13(14,15)16/h3-6,8H,2,7H2,1H3,(H,17,19,20). The highest BCUT2D eigenvalue weighted by atomic mass is 19.4. The molecule has 0 radical (unpaired) electrons. The number of aromatic nitrogens is 3. The summed E-state index contributed by atoms with van der Waals surface area (Å²) < 4.78 is 38.3. The van der Waals surface area contributed by atoms with Crippen LogP contribution in [0.5, 0.6) is 0 Å². The van der Waals surface area contributed by atoms with Crippen LogP contribution in [0.3, 0.4) is 0 Å². The Morgan fingerprint density at radius 1 is 1.15 bits per heavy atom. The molecule has 0 bridgehead atoms. The van der Waals surface area contributed by atoms with Gasteiger partial charge in [0.25, 0.3) is 0 Å². The van der Waals surface area contributed by atoms with Crippen LogP contribution in [-0.4, -0.2) is 21.5 Å². The largest absolute Gasteiger partial charge is 0.451 e. The highest BCUT2D eigenvalue weighted by molar-refractivity contribution is 5.37. The van der Waals surface area contributed by atoms with Gasteiger partial charge in [-0.3, -0.25) is 4.98 Å². The Labute approximate surface area is 114 Å². The van der Waals surface area contributed by atoms with E-state index in [1.165, 1.54) is 6.07 Å². The number of nitrogens with zero attached hydrogens (tertiary/aromatic N) is 3. The first kappa shape index (κ1) is 14.2. The maximum Gasteiger partial charge on any atom is 0.451 e. The van der Waals surface area contributed by atoms with Crippen molar-refractivity contribution in [2.45, 2.75) is 19.5 Å². The van der Waals surface area contributed by atoms with Gasteiger partial charge in [-0.25, -0.2) is 9.97 Å². The van der Waals surface area contributed by atoms with Gasteiger partial charge < -0.3 is 5.32 Å². The first-order valence-corrected chi connectivity index (χ1v) is 6.08. The lowest BCUT2D eigenvalue weighted by Crippen LogP contribution is -2.15. The molecule has 0 saturated carbocycles. The minimum Gasteiger partial charge on any atom is -0.370 e. The Balaban J connectivity index is 2.34. The van der Waals surface area contributed by atoms with Crippen molar-refractivity contribution < 1.29 is 13.2 Å². The number of anilines is 1. The van der Waals surface area contributed by atoms with Crippen LogP contribution >= 0.6 is 0 Å². The normalized spacial score (nSPS) is 11.4. The van der Waals surface area contributed by atoms with Crippen molar-refractivity contribution in [1.82, 2.24) is 15.0 Å². The number of hydrogen-bond donors (Lipinski definition) is 1. The van der Waals surface area contributed by atoms with Gasteiger partial charge in [0.05, 0.1) is 5.69 Å². The number of halogens is 3. The summed E-state index contributed by atoms with van der Waals surface area (Å²) in [5.41, 5.74) is 0.934. The molecule has 20 heavy (non-hydrogen) atoms. The molecular formula is C13H13F3N4. The second-order valence-corrected chi connectivity index (χ2v) is 4.09. The predicted octanol–water partition coefficient (Wildman–Crippen LogP) is 2.91. The van der Waals surface area contributed by atoms with Crippen LogP contribution in [-0.2, 0) is 12.6 Å². The zero-order valence-electron chi connectivity index (χ0n) is 10.8. The summed E-state index contributed by atoms with van der Waals surface area (Å²) in [5, 5.41) is 2.77. The van der Waals surface area contributed by atoms with Crippen molar-refractivity contribution in [2.24, 2.45) is 0 Å². The molecule has 0 aliphatic heterocycles. The number of alkyl halides is 3. The van der Waals surface area contributed by atoms with Crippen LogP contribution in [0.25, 0.3) is 0 Å². The number of pyridine rings is 1. The van der Waals surface area contributed by atoms with E-state index in [1.54, 1.807) is 31.3 Å². The zero-order chi connectivity index (χ0) is 14.6. The van der Waals surface area contributed by atoms with Crippen LogP contribution < -0.4 is 5.32 Å². The average molecular weight is 282 g/mol. The van der Waals surface area contributed by atoms with Crippen LogP contribution in [0.15, 0.2) is 30.5 Å². The summed E-state index contributed by atoms with van der Waals surface area (Å²) in [5.74, 6) is -0.970. The minimum atomic E-state index is -4.57. The van der Waals surface area contributed by atoms with Gasteiger partial charge in [0.2, 0.25) is 5.82 Å². The Bertz CT molecular complexity index is 570. The van der Waals surface area contributed by atoms with Gasteiger partial charge >= 0.3 is 6.18 Å². The molecule has 2 aromatic rings. The Morgan fingerprint density at radius 3 is 2.55 bits per heavy atom. The SMILES string of the molecule is CCNc1cc(Cc2ccccn2)nc(C(F)(F)F)n1. The van der Waals surface area contributed by atoms with Crippen molar-refractivity contribution in [3.63, 3.8) is 0 Å². The molecule has 4 nitrogen and oxygen atoms in total. The van der Waals surface area contributed by atoms with E-state index in [9.17, 15) is 13.2 Å². The third kappa shape index (κ3) is 3.66. The first-order chi connectivity index (χ1) is 9.49. The number of rotatable bonds is 4. The van der Waals surface area contributed by atoms with E-state index in [-0.39, 0.29) is 17.9 Å². The summed E-state index contributed by atoms with van der Waals surface area (Å²) in [4.78, 5) is 11.1. The molecule has 1 N–H and O–H groups in total. The molecule has 0 unspecified atom stereocenters. The third-order valence-corrected chi connectivity index (χ3v) is 2.48. The molecule has 106 valence electrons. The fraction of sp³-hybridized carbons (Fsp3) is 0.308. The summed E-state index contributed by atoms with van der Waals surface area (Å²) in [6.45, 7) is 2.27. The first-order valence-electron chi connectivity index (χ1n) is 6.08. The molecule has 0 fully saturated rings. The number of nitrogens with one attached hydrogen (secondary N) is 1. The molecule has 0 aliphatic rings. The van der Waals surface area contributed by atoms with Crippen molar-refractivity contribution >= 4 is 5.82 Å². The molecule has 2 aromatic heterocycles. The van der Waals surface area contributed by atoms with Gasteiger partial charge in [-0.05, 0) is 19.1 Å². The minimum absolute atomic E-state index is 0.167. The van der Waals surface area contributed by atoms with Crippen molar-refractivity contribution in [2.75, 3.05) is 11.9 Å². The van der Waals surface area contributed by atoms with E-state index in [1.807, 2.05) is 0 Å². The molecule has 0 aromatic carbocycles. The van der Waals surface area contributed by atoms with Crippen LogP contribution in [0.1, 0.15) is 24.1 Å². The number of hydrogen-bond acceptors (Lipinski definition) is 4. The van der Waals surface area contributed by atoms with Crippen molar-refractivity contribution in [3.8, 4) is 0 Å². The van der Waals surface area contributed by atoms with E-state index in [0.29, 0.717) is 12.2 Å². The Kier molecular flexibility index (Phi) is 4.16. The van der Waals surface area contributed by atoms with Gasteiger partial charge in [0.1, 0.15) is 5.82 Å². The van der Waals surface area contributed by atoms with Gasteiger partial charge in [-0.2, -0.15) is 13.2 Å². The highest BCUT2D eigenvalue weighted by Crippen LogP contribution is 2.27. The molecule has 2 heterocycles. The molecular weight excluding hydrogens is 269 g/mol. The van der Waals surface area contributed by atoms with E-state index in [0.717, 1.165) is 0 Å². The van der Waals surface area contributed by atoms with Crippen LogP contribution in [0.2, 0.25) is 0 Å². The summed E-state index contributed by atoms with van der Waals surface area (Å²) in [7, 11) is 0. The van der Waals surface area contributed by atoms with E-state index >= 15 is 0 Å². The zero-order valence-corrected chi connectivity index (χ0v) is 10.8. The molecule has 0 atom stereocenters. The maximum absolute atomic E-state index is 12.8. The summed E-state index contributed by atoms with van der Waals surface area (Å²) in [6, 6.07) is 6.77.